The van der Waals surface area contributed by atoms with E-state index in [1.165, 1.54) is 27.8 Å². The first kappa shape index (κ1) is 12.5. The summed E-state index contributed by atoms with van der Waals surface area (Å²) in [6.07, 6.45) is 3.37. The van der Waals surface area contributed by atoms with Crippen LogP contribution in [0.1, 0.15) is 5.01 Å². The smallest absolute Gasteiger partial charge is 0.206 e. The molecule has 0 saturated heterocycles. The molecule has 0 aromatic carbocycles. The van der Waals surface area contributed by atoms with Crippen molar-refractivity contribution in [3.05, 3.63) is 28.8 Å². The van der Waals surface area contributed by atoms with Crippen LogP contribution in [0.15, 0.2) is 28.0 Å². The SMILES string of the molecule is Cc1nnc(Sc2nc(Cl)nc(-n3cccn3)n2)s1. The first-order chi connectivity index (χ1) is 9.20. The fraction of sp³-hybridized carbons (Fsp3) is 0.111. The van der Waals surface area contributed by atoms with Crippen molar-refractivity contribution >= 4 is 34.7 Å². The van der Waals surface area contributed by atoms with E-state index in [0.717, 1.165) is 9.35 Å². The molecule has 0 fully saturated rings. The van der Waals surface area contributed by atoms with E-state index in [1.807, 2.05) is 6.92 Å². The van der Waals surface area contributed by atoms with Gasteiger partial charge in [0.05, 0.1) is 0 Å². The molecule has 96 valence electrons. The van der Waals surface area contributed by atoms with Crippen molar-refractivity contribution in [2.75, 3.05) is 0 Å². The average Bonchev–Trinajstić information content (AvgIpc) is 3.00. The minimum absolute atomic E-state index is 0.115. The fourth-order valence-corrected chi connectivity index (χ4v) is 3.13. The van der Waals surface area contributed by atoms with Crippen molar-refractivity contribution in [2.24, 2.45) is 0 Å². The predicted octanol–water partition coefficient (Wildman–Crippen LogP) is 2.02. The molecule has 7 nitrogen and oxygen atoms in total. The highest BCUT2D eigenvalue weighted by Gasteiger charge is 2.11. The lowest BCUT2D eigenvalue weighted by atomic mass is 10.7. The maximum atomic E-state index is 5.89. The Kier molecular flexibility index (Phi) is 3.40. The second-order valence-corrected chi connectivity index (χ2v) is 6.06. The van der Waals surface area contributed by atoms with E-state index >= 15 is 0 Å². The van der Waals surface area contributed by atoms with E-state index in [4.69, 9.17) is 11.6 Å². The number of aromatic nitrogens is 7. The van der Waals surface area contributed by atoms with Crippen LogP contribution in [0, 0.1) is 6.92 Å². The third kappa shape index (κ3) is 2.88. The van der Waals surface area contributed by atoms with Crippen LogP contribution in [0.4, 0.5) is 0 Å². The Bertz CT molecular complexity index is 696. The Morgan fingerprint density at radius 3 is 2.84 bits per heavy atom. The molecule has 0 unspecified atom stereocenters. The van der Waals surface area contributed by atoms with Crippen LogP contribution in [0.25, 0.3) is 5.95 Å². The molecule has 0 saturated carbocycles. The summed E-state index contributed by atoms with van der Waals surface area (Å²) < 4.78 is 2.27. The molecule has 3 rings (SSSR count). The zero-order chi connectivity index (χ0) is 13.2. The minimum Gasteiger partial charge on any atom is -0.206 e. The molecule has 3 heterocycles. The summed E-state index contributed by atoms with van der Waals surface area (Å²) in [4.78, 5) is 12.3. The van der Waals surface area contributed by atoms with Crippen molar-refractivity contribution in [2.45, 2.75) is 16.4 Å². The summed E-state index contributed by atoms with van der Waals surface area (Å²) in [5.74, 6) is 0.369. The maximum Gasteiger partial charge on any atom is 0.255 e. The van der Waals surface area contributed by atoms with Crippen LogP contribution in [0.2, 0.25) is 5.28 Å². The van der Waals surface area contributed by atoms with Gasteiger partial charge in [0.2, 0.25) is 10.4 Å². The lowest BCUT2D eigenvalue weighted by Gasteiger charge is -2.01. The van der Waals surface area contributed by atoms with Gasteiger partial charge in [-0.1, -0.05) is 11.3 Å². The highest BCUT2D eigenvalue weighted by atomic mass is 35.5. The van der Waals surface area contributed by atoms with Gasteiger partial charge in [-0.3, -0.25) is 0 Å². The topological polar surface area (TPSA) is 82.3 Å². The molecule has 0 aliphatic rings. The Balaban J connectivity index is 1.94. The lowest BCUT2D eigenvalue weighted by molar-refractivity contribution is 0.758. The van der Waals surface area contributed by atoms with Crippen molar-refractivity contribution in [3.63, 3.8) is 0 Å². The summed E-state index contributed by atoms with van der Waals surface area (Å²) in [6, 6.07) is 1.78. The van der Waals surface area contributed by atoms with Gasteiger partial charge in [-0.25, -0.2) is 4.68 Å². The molecule has 0 atom stereocenters. The van der Waals surface area contributed by atoms with Crippen molar-refractivity contribution < 1.29 is 0 Å². The fourth-order valence-electron chi connectivity index (χ4n) is 1.25. The first-order valence-electron chi connectivity index (χ1n) is 5.10. The van der Waals surface area contributed by atoms with E-state index < -0.39 is 0 Å². The molecule has 0 bridgehead atoms. The standard InChI is InChI=1S/C9H6ClN7S2/c1-5-15-16-9(18-5)19-8-13-6(10)12-7(14-8)17-4-2-3-11-17/h2-4H,1H3. The Morgan fingerprint density at radius 2 is 2.16 bits per heavy atom. The quantitative estimate of drug-likeness (QED) is 0.731. The third-order valence-corrected chi connectivity index (χ3v) is 3.89. The number of hydrogen-bond donors (Lipinski definition) is 0. The van der Waals surface area contributed by atoms with E-state index in [9.17, 15) is 0 Å². The molecular weight excluding hydrogens is 306 g/mol. The van der Waals surface area contributed by atoms with Crippen LogP contribution in [-0.2, 0) is 0 Å². The molecule has 0 N–H and O–H groups in total. The Morgan fingerprint density at radius 1 is 1.26 bits per heavy atom. The molecule has 0 aliphatic carbocycles. The molecule has 0 spiro atoms. The van der Waals surface area contributed by atoms with Crippen molar-refractivity contribution in [1.29, 1.82) is 0 Å². The first-order valence-corrected chi connectivity index (χ1v) is 7.11. The third-order valence-electron chi connectivity index (χ3n) is 1.97. The highest BCUT2D eigenvalue weighted by Crippen LogP contribution is 2.27. The second kappa shape index (κ2) is 5.19. The largest absolute Gasteiger partial charge is 0.255 e. The zero-order valence-electron chi connectivity index (χ0n) is 9.56. The Labute approximate surface area is 121 Å². The average molecular weight is 312 g/mol. The molecule has 0 radical (unpaired) electrons. The van der Waals surface area contributed by atoms with Gasteiger partial charge in [-0.15, -0.1) is 10.2 Å². The summed E-state index contributed by atoms with van der Waals surface area (Å²) >= 11 is 8.65. The summed E-state index contributed by atoms with van der Waals surface area (Å²) in [5.41, 5.74) is 0. The van der Waals surface area contributed by atoms with Gasteiger partial charge in [-0.2, -0.15) is 20.1 Å². The Hall–Kier alpha value is -1.58. The molecule has 3 aromatic rings. The lowest BCUT2D eigenvalue weighted by Crippen LogP contribution is -2.04. The molecule has 0 aliphatic heterocycles. The maximum absolute atomic E-state index is 5.89. The minimum atomic E-state index is 0.115. The van der Waals surface area contributed by atoms with Crippen LogP contribution in [0.3, 0.4) is 0 Å². The van der Waals surface area contributed by atoms with Crippen LogP contribution in [-0.4, -0.2) is 34.9 Å². The summed E-state index contributed by atoms with van der Waals surface area (Å²) in [5, 5.41) is 13.4. The molecule has 10 heteroatoms. The molecule has 3 aromatic heterocycles. The van der Waals surface area contributed by atoms with E-state index in [2.05, 4.69) is 30.2 Å². The van der Waals surface area contributed by atoms with Crippen LogP contribution in [0.5, 0.6) is 0 Å². The number of rotatable bonds is 3. The van der Waals surface area contributed by atoms with Gasteiger partial charge >= 0.3 is 0 Å². The van der Waals surface area contributed by atoms with Gasteiger partial charge in [0.15, 0.2) is 4.34 Å². The van der Waals surface area contributed by atoms with Crippen molar-refractivity contribution in [1.82, 2.24) is 34.9 Å². The molecule has 0 amide bonds. The van der Waals surface area contributed by atoms with Gasteiger partial charge in [-0.05, 0) is 36.4 Å². The van der Waals surface area contributed by atoms with Crippen LogP contribution >= 0.6 is 34.7 Å². The monoisotopic (exact) mass is 311 g/mol. The number of halogens is 1. The second-order valence-electron chi connectivity index (χ2n) is 3.33. The van der Waals surface area contributed by atoms with Gasteiger partial charge in [0, 0.05) is 12.4 Å². The molecular formula is C9H6ClN7S2. The predicted molar refractivity (Wildman–Crippen MR) is 70.7 cm³/mol. The van der Waals surface area contributed by atoms with E-state index in [1.54, 1.807) is 18.5 Å². The summed E-state index contributed by atoms with van der Waals surface area (Å²) in [7, 11) is 0. The summed E-state index contributed by atoms with van der Waals surface area (Å²) in [6.45, 7) is 1.89. The number of nitrogens with zero attached hydrogens (tertiary/aromatic N) is 7. The van der Waals surface area contributed by atoms with E-state index in [0.29, 0.717) is 11.1 Å². The van der Waals surface area contributed by atoms with Gasteiger partial charge in [0.1, 0.15) is 5.01 Å². The number of hydrogen-bond acceptors (Lipinski definition) is 8. The van der Waals surface area contributed by atoms with E-state index in [-0.39, 0.29) is 5.28 Å². The normalized spacial score (nSPS) is 10.8. The highest BCUT2D eigenvalue weighted by molar-refractivity contribution is 8.00. The number of aryl methyl sites for hydroxylation is 1. The molecule has 19 heavy (non-hydrogen) atoms. The zero-order valence-corrected chi connectivity index (χ0v) is 11.9. The van der Waals surface area contributed by atoms with Gasteiger partial charge in [0.25, 0.3) is 5.95 Å². The van der Waals surface area contributed by atoms with Gasteiger partial charge < -0.3 is 0 Å². The van der Waals surface area contributed by atoms with Crippen LogP contribution < -0.4 is 0 Å². The van der Waals surface area contributed by atoms with Crippen molar-refractivity contribution in [3.8, 4) is 5.95 Å².